The normalized spacial score (nSPS) is 22.3. The first-order valence-corrected chi connectivity index (χ1v) is 9.31. The van der Waals surface area contributed by atoms with E-state index in [-0.39, 0.29) is 30.0 Å². The Kier molecular flexibility index (Phi) is 6.11. The molecule has 0 radical (unpaired) electrons. The zero-order valence-corrected chi connectivity index (χ0v) is 15.7. The minimum absolute atomic E-state index is 0.0176. The molecule has 29 heavy (non-hydrogen) atoms. The van der Waals surface area contributed by atoms with Crippen molar-refractivity contribution < 1.29 is 37.0 Å². The molecular weight excluding hydrogens is 393 g/mol. The first-order valence-electron chi connectivity index (χ1n) is 9.31. The minimum Gasteiger partial charge on any atom is -0.406 e. The van der Waals surface area contributed by atoms with Crippen molar-refractivity contribution in [2.75, 3.05) is 13.2 Å². The summed E-state index contributed by atoms with van der Waals surface area (Å²) in [6, 6.07) is 2.97. The van der Waals surface area contributed by atoms with Gasteiger partial charge in [0.25, 0.3) is 5.91 Å². The SMILES string of the molecule is CCCC(NC(=O)c1ccc(OC(F)(F)F)cc1)C(=O)N1CCC2OCC(=O)C21. The second kappa shape index (κ2) is 8.40. The molecule has 1 aromatic rings. The number of hydrogen-bond donors (Lipinski definition) is 1. The molecule has 2 fully saturated rings. The molecule has 0 bridgehead atoms. The molecule has 0 aromatic heterocycles. The number of alkyl halides is 3. The van der Waals surface area contributed by atoms with Crippen LogP contribution in [0, 0.1) is 0 Å². The molecule has 158 valence electrons. The van der Waals surface area contributed by atoms with Gasteiger partial charge in [-0.15, -0.1) is 13.2 Å². The number of benzene rings is 1. The van der Waals surface area contributed by atoms with Crippen molar-refractivity contribution in [3.63, 3.8) is 0 Å². The van der Waals surface area contributed by atoms with Gasteiger partial charge in [0.1, 0.15) is 24.4 Å². The fourth-order valence-electron chi connectivity index (χ4n) is 3.64. The molecule has 1 N–H and O–H groups in total. The summed E-state index contributed by atoms with van der Waals surface area (Å²) >= 11 is 0. The Balaban J connectivity index is 1.67. The number of nitrogens with one attached hydrogen (secondary N) is 1. The molecular formula is C19H21F3N2O5. The van der Waals surface area contributed by atoms with Crippen LogP contribution in [0.4, 0.5) is 13.2 Å². The quantitative estimate of drug-likeness (QED) is 0.770. The van der Waals surface area contributed by atoms with Gasteiger partial charge in [0.15, 0.2) is 5.78 Å². The average molecular weight is 414 g/mol. The number of halogens is 3. The predicted octanol–water partition coefficient (Wildman–Crippen LogP) is 2.05. The number of carbonyl (C=O) groups is 3. The maximum atomic E-state index is 13.0. The predicted molar refractivity (Wildman–Crippen MR) is 94.2 cm³/mol. The number of nitrogens with zero attached hydrogens (tertiary/aromatic N) is 1. The third-order valence-electron chi connectivity index (χ3n) is 4.93. The lowest BCUT2D eigenvalue weighted by molar-refractivity contribution is -0.274. The van der Waals surface area contributed by atoms with Crippen LogP contribution >= 0.6 is 0 Å². The second-order valence-electron chi connectivity index (χ2n) is 6.97. The number of Topliss-reactive ketones (excluding diaryl/α,β-unsaturated/α-hetero) is 1. The summed E-state index contributed by atoms with van der Waals surface area (Å²) in [5.74, 6) is -1.55. The van der Waals surface area contributed by atoms with Crippen LogP contribution in [0.15, 0.2) is 24.3 Å². The van der Waals surface area contributed by atoms with Crippen LogP contribution in [-0.2, 0) is 14.3 Å². The summed E-state index contributed by atoms with van der Waals surface area (Å²) in [7, 11) is 0. The van der Waals surface area contributed by atoms with E-state index < -0.39 is 30.1 Å². The summed E-state index contributed by atoms with van der Waals surface area (Å²) in [5, 5.41) is 2.63. The van der Waals surface area contributed by atoms with Gasteiger partial charge in [0.2, 0.25) is 5.91 Å². The number of amides is 2. The van der Waals surface area contributed by atoms with E-state index in [9.17, 15) is 27.6 Å². The third kappa shape index (κ3) is 4.87. The highest BCUT2D eigenvalue weighted by Crippen LogP contribution is 2.28. The van der Waals surface area contributed by atoms with Crippen molar-refractivity contribution in [2.45, 2.75) is 50.7 Å². The number of rotatable bonds is 6. The van der Waals surface area contributed by atoms with Crippen LogP contribution < -0.4 is 10.1 Å². The Hall–Kier alpha value is -2.62. The highest BCUT2D eigenvalue weighted by molar-refractivity contribution is 5.99. The van der Waals surface area contributed by atoms with Gasteiger partial charge in [0, 0.05) is 12.1 Å². The van der Waals surface area contributed by atoms with Crippen LogP contribution in [0.3, 0.4) is 0 Å². The van der Waals surface area contributed by atoms with E-state index in [1.165, 1.54) is 17.0 Å². The molecule has 2 saturated heterocycles. The minimum atomic E-state index is -4.82. The van der Waals surface area contributed by atoms with E-state index in [2.05, 4.69) is 10.1 Å². The standard InChI is InChI=1S/C19H21F3N2O5/c1-2-3-13(18(27)24-9-8-15-16(24)14(25)10-28-15)23-17(26)11-4-6-12(7-5-11)29-19(20,21)22/h4-7,13,15-16H,2-3,8-10H2,1H3,(H,23,26). The maximum Gasteiger partial charge on any atom is 0.573 e. The Morgan fingerprint density at radius 1 is 1.31 bits per heavy atom. The van der Waals surface area contributed by atoms with Crippen molar-refractivity contribution in [2.24, 2.45) is 0 Å². The summed E-state index contributed by atoms with van der Waals surface area (Å²) in [6.45, 7) is 2.21. The summed E-state index contributed by atoms with van der Waals surface area (Å²) in [4.78, 5) is 38.9. The lowest BCUT2D eigenvalue weighted by Gasteiger charge is -2.27. The molecule has 3 atom stereocenters. The molecule has 7 nitrogen and oxygen atoms in total. The van der Waals surface area contributed by atoms with E-state index in [1.54, 1.807) is 0 Å². The van der Waals surface area contributed by atoms with Crippen LogP contribution in [-0.4, -0.2) is 60.2 Å². The summed E-state index contributed by atoms with van der Waals surface area (Å²) in [5.41, 5.74) is 0.0907. The number of hydrogen-bond acceptors (Lipinski definition) is 5. The molecule has 0 spiro atoms. The largest absolute Gasteiger partial charge is 0.573 e. The number of ketones is 1. The fourth-order valence-corrected chi connectivity index (χ4v) is 3.64. The molecule has 0 saturated carbocycles. The molecule has 2 aliphatic heterocycles. The summed E-state index contributed by atoms with van der Waals surface area (Å²) < 4.78 is 45.9. The zero-order valence-electron chi connectivity index (χ0n) is 15.7. The zero-order chi connectivity index (χ0) is 21.2. The van der Waals surface area contributed by atoms with E-state index >= 15 is 0 Å². The molecule has 3 rings (SSSR count). The van der Waals surface area contributed by atoms with Gasteiger partial charge in [0.05, 0.1) is 6.10 Å². The summed E-state index contributed by atoms with van der Waals surface area (Å²) in [6.07, 6.45) is -3.58. The molecule has 3 unspecified atom stereocenters. The van der Waals surface area contributed by atoms with E-state index in [0.717, 1.165) is 12.1 Å². The van der Waals surface area contributed by atoms with Crippen LogP contribution in [0.2, 0.25) is 0 Å². The van der Waals surface area contributed by atoms with Crippen LogP contribution in [0.5, 0.6) is 5.75 Å². The maximum absolute atomic E-state index is 13.0. The Morgan fingerprint density at radius 3 is 2.62 bits per heavy atom. The highest BCUT2D eigenvalue weighted by Gasteiger charge is 2.47. The van der Waals surface area contributed by atoms with Crippen molar-refractivity contribution in [1.82, 2.24) is 10.2 Å². The van der Waals surface area contributed by atoms with E-state index in [0.29, 0.717) is 25.8 Å². The molecule has 2 aliphatic rings. The van der Waals surface area contributed by atoms with Gasteiger partial charge in [-0.25, -0.2) is 0 Å². The van der Waals surface area contributed by atoms with Gasteiger partial charge in [-0.2, -0.15) is 0 Å². The number of ether oxygens (including phenoxy) is 2. The molecule has 2 amide bonds. The Bertz CT molecular complexity index is 781. The van der Waals surface area contributed by atoms with Crippen molar-refractivity contribution >= 4 is 17.6 Å². The first-order chi connectivity index (χ1) is 13.7. The van der Waals surface area contributed by atoms with Gasteiger partial charge in [-0.1, -0.05) is 13.3 Å². The van der Waals surface area contributed by atoms with Gasteiger partial charge < -0.3 is 19.7 Å². The van der Waals surface area contributed by atoms with Gasteiger partial charge in [-0.3, -0.25) is 14.4 Å². The lowest BCUT2D eigenvalue weighted by atomic mass is 10.1. The Morgan fingerprint density at radius 2 is 2.00 bits per heavy atom. The number of carbonyl (C=O) groups excluding carboxylic acids is 3. The second-order valence-corrected chi connectivity index (χ2v) is 6.97. The monoisotopic (exact) mass is 414 g/mol. The molecule has 2 heterocycles. The number of fused-ring (bicyclic) bond motifs is 1. The van der Waals surface area contributed by atoms with Crippen molar-refractivity contribution in [3.05, 3.63) is 29.8 Å². The van der Waals surface area contributed by atoms with E-state index in [4.69, 9.17) is 4.74 Å². The molecule has 10 heteroatoms. The Labute approximate surface area is 165 Å². The number of likely N-dealkylation sites (tertiary alicyclic amines) is 1. The lowest BCUT2D eigenvalue weighted by Crippen LogP contribution is -2.52. The molecule has 0 aliphatic carbocycles. The van der Waals surface area contributed by atoms with Crippen molar-refractivity contribution in [1.29, 1.82) is 0 Å². The van der Waals surface area contributed by atoms with Crippen LogP contribution in [0.25, 0.3) is 0 Å². The smallest absolute Gasteiger partial charge is 0.406 e. The van der Waals surface area contributed by atoms with E-state index in [1.807, 2.05) is 6.92 Å². The first kappa shape index (κ1) is 21.1. The topological polar surface area (TPSA) is 84.9 Å². The molecule has 1 aromatic carbocycles. The van der Waals surface area contributed by atoms with Gasteiger partial charge >= 0.3 is 6.36 Å². The fraction of sp³-hybridized carbons (Fsp3) is 0.526. The average Bonchev–Trinajstić information content (AvgIpc) is 3.23. The van der Waals surface area contributed by atoms with Crippen molar-refractivity contribution in [3.8, 4) is 5.75 Å². The van der Waals surface area contributed by atoms with Gasteiger partial charge in [-0.05, 0) is 37.1 Å². The van der Waals surface area contributed by atoms with Crippen LogP contribution in [0.1, 0.15) is 36.5 Å². The highest BCUT2D eigenvalue weighted by atomic mass is 19.4. The third-order valence-corrected chi connectivity index (χ3v) is 4.93.